The van der Waals surface area contributed by atoms with Gasteiger partial charge in [-0.2, -0.15) is 0 Å². The largest absolute Gasteiger partial charge is 2.00 e. The van der Waals surface area contributed by atoms with Crippen molar-refractivity contribution in [2.75, 3.05) is 0 Å². The van der Waals surface area contributed by atoms with Gasteiger partial charge in [-0.25, -0.2) is 0 Å². The fourth-order valence-corrected chi connectivity index (χ4v) is 0. The summed E-state index contributed by atoms with van der Waals surface area (Å²) in [5.41, 5.74) is 0. The van der Waals surface area contributed by atoms with Crippen LogP contribution >= 0.6 is 0 Å². The molecule has 0 atom stereocenters. The number of hydrogen-bond donors (Lipinski definition) is 3. The third-order valence-corrected chi connectivity index (χ3v) is 0. The first-order valence-electron chi connectivity index (χ1n) is 0.855. The predicted molar refractivity (Wildman–Crippen MR) is 21.0 cm³/mol. The zero-order valence-corrected chi connectivity index (χ0v) is 6.04. The summed E-state index contributed by atoms with van der Waals surface area (Å²) in [6.45, 7) is 0. The van der Waals surface area contributed by atoms with Gasteiger partial charge in [-0.15, -0.1) is 0 Å². The zero-order chi connectivity index (χ0) is 4.50. The van der Waals surface area contributed by atoms with Gasteiger partial charge in [0, 0.05) is 0 Å². The van der Waals surface area contributed by atoms with E-state index in [9.17, 15) is 0 Å². The molecule has 7 heavy (non-hydrogen) atoms. The van der Waals surface area contributed by atoms with Crippen molar-refractivity contribution >= 4 is 32.1 Å². The van der Waals surface area contributed by atoms with Gasteiger partial charge in [0.05, 0.1) is 0 Å². The van der Waals surface area contributed by atoms with Crippen molar-refractivity contribution < 1.29 is 19.2 Å². The smallest absolute Gasteiger partial charge is 0.828 e. The molecular weight excluding hydrogens is 130 g/mol. The van der Waals surface area contributed by atoms with Crippen molar-refractivity contribution in [3.05, 3.63) is 0 Å². The third-order valence-electron chi connectivity index (χ3n) is 0. The first-order chi connectivity index (χ1) is 2.00. The van der Waals surface area contributed by atoms with Crippen LogP contribution in [-0.4, -0.2) is 41.7 Å². The van der Waals surface area contributed by atoms with Crippen LogP contribution in [0.3, 0.4) is 0 Å². The molecule has 5 nitrogen and oxygen atoms in total. The van der Waals surface area contributed by atoms with Crippen LogP contribution < -0.4 is 15.7 Å². The van der Waals surface area contributed by atoms with Crippen LogP contribution in [0.2, 0.25) is 0 Å². The Morgan fingerprint density at radius 2 is 1.14 bits per heavy atom. The Morgan fingerprint density at radius 1 is 1.14 bits per heavy atom. The SMILES string of the molecule is N.[Mg+2].[O-][Si]([O-])(O)O. The van der Waals surface area contributed by atoms with Crippen LogP contribution in [0.1, 0.15) is 0 Å². The molecule has 0 aliphatic heterocycles. The van der Waals surface area contributed by atoms with Gasteiger partial charge in [0.1, 0.15) is 9.05 Å². The summed E-state index contributed by atoms with van der Waals surface area (Å²) >= 11 is 0. The summed E-state index contributed by atoms with van der Waals surface area (Å²) in [6.07, 6.45) is 0. The molecule has 0 aromatic heterocycles. The maximum absolute atomic E-state index is 8.80. The third kappa shape index (κ3) is 253. The van der Waals surface area contributed by atoms with E-state index in [-0.39, 0.29) is 29.2 Å². The van der Waals surface area contributed by atoms with Crippen LogP contribution in [-0.2, 0) is 0 Å². The molecule has 0 aromatic rings. The van der Waals surface area contributed by atoms with E-state index in [0.29, 0.717) is 0 Å². The topological polar surface area (TPSA) is 122 Å². The Balaban J connectivity index is -0.0000000800. The van der Waals surface area contributed by atoms with Crippen LogP contribution in [0.25, 0.3) is 0 Å². The molecule has 0 fully saturated rings. The minimum Gasteiger partial charge on any atom is -0.828 e. The predicted octanol–water partition coefficient (Wildman–Crippen LogP) is -4.09. The van der Waals surface area contributed by atoms with Gasteiger partial charge in [-0.3, -0.25) is 0 Å². The fourth-order valence-electron chi connectivity index (χ4n) is 0. The van der Waals surface area contributed by atoms with Gasteiger partial charge in [-0.05, 0) is 0 Å². The summed E-state index contributed by atoms with van der Waals surface area (Å²) in [6, 6.07) is 0. The molecule has 0 aromatic carbocycles. The minimum absolute atomic E-state index is 0. The van der Waals surface area contributed by atoms with Gasteiger partial charge >= 0.3 is 23.1 Å². The fraction of sp³-hybridized carbons (Fsp3) is 0. The molecule has 0 aliphatic rings. The molecule has 0 heterocycles. The molecule has 0 rings (SSSR count). The van der Waals surface area contributed by atoms with Gasteiger partial charge in [-0.1, -0.05) is 0 Å². The molecule has 0 bridgehead atoms. The van der Waals surface area contributed by atoms with Crippen molar-refractivity contribution in [1.29, 1.82) is 0 Å². The van der Waals surface area contributed by atoms with Crippen molar-refractivity contribution in [3.8, 4) is 0 Å². The van der Waals surface area contributed by atoms with Crippen molar-refractivity contribution in [2.24, 2.45) is 0 Å². The molecule has 0 unspecified atom stereocenters. The Kier molecular flexibility index (Phi) is 11.0. The monoisotopic (exact) mass is 135 g/mol. The maximum atomic E-state index is 8.80. The Morgan fingerprint density at radius 3 is 1.14 bits per heavy atom. The second-order valence-electron chi connectivity index (χ2n) is 0.548. The van der Waals surface area contributed by atoms with Crippen LogP contribution in [0, 0.1) is 0 Å². The van der Waals surface area contributed by atoms with Gasteiger partial charge in [0.2, 0.25) is 0 Å². The average molecular weight is 135 g/mol. The molecule has 40 valence electrons. The average Bonchev–Trinajstić information content (AvgIpc) is 0.722. The molecule has 5 N–H and O–H groups in total. The second kappa shape index (κ2) is 4.93. The first kappa shape index (κ1) is 15.7. The minimum atomic E-state index is -5.11. The van der Waals surface area contributed by atoms with Crippen molar-refractivity contribution in [2.45, 2.75) is 0 Å². The maximum Gasteiger partial charge on any atom is 2.00 e. The molecular formula is H5MgNO4Si. The summed E-state index contributed by atoms with van der Waals surface area (Å²) in [4.78, 5) is 31.8. The molecule has 0 aliphatic carbocycles. The van der Waals surface area contributed by atoms with E-state index in [1.807, 2.05) is 0 Å². The van der Waals surface area contributed by atoms with Gasteiger partial charge in [0.15, 0.2) is 0 Å². The molecule has 7 heteroatoms. The van der Waals surface area contributed by atoms with Gasteiger partial charge < -0.3 is 25.3 Å². The van der Waals surface area contributed by atoms with Crippen molar-refractivity contribution in [1.82, 2.24) is 6.15 Å². The first-order valence-corrected chi connectivity index (χ1v) is 2.57. The summed E-state index contributed by atoms with van der Waals surface area (Å²) in [5, 5.41) is 0. The zero-order valence-electron chi connectivity index (χ0n) is 3.63. The molecule has 0 saturated heterocycles. The molecule has 0 spiro atoms. The normalized spacial score (nSPS) is 8.57. The standard InChI is InChI=1S/Mg.H3N.H2O4Si/c;;1-5(2,3)4/h;1H3;1-2H/q+2;;-2. The molecule has 0 amide bonds. The van der Waals surface area contributed by atoms with E-state index < -0.39 is 9.05 Å². The van der Waals surface area contributed by atoms with Crippen LogP contribution in [0.5, 0.6) is 0 Å². The van der Waals surface area contributed by atoms with Gasteiger partial charge in [0.25, 0.3) is 0 Å². The number of hydrogen-bond acceptors (Lipinski definition) is 5. The second-order valence-corrected chi connectivity index (χ2v) is 1.65. The van der Waals surface area contributed by atoms with E-state index in [1.165, 1.54) is 0 Å². The summed E-state index contributed by atoms with van der Waals surface area (Å²) in [5.74, 6) is 0. The Labute approximate surface area is 57.8 Å². The summed E-state index contributed by atoms with van der Waals surface area (Å²) in [7, 11) is -5.11. The van der Waals surface area contributed by atoms with E-state index in [2.05, 4.69) is 0 Å². The molecule has 0 radical (unpaired) electrons. The molecule has 0 saturated carbocycles. The number of rotatable bonds is 0. The van der Waals surface area contributed by atoms with E-state index in [4.69, 9.17) is 19.2 Å². The Bertz CT molecular complexity index is 27.2. The Hall–Kier alpha value is 0.783. The van der Waals surface area contributed by atoms with Crippen molar-refractivity contribution in [3.63, 3.8) is 0 Å². The van der Waals surface area contributed by atoms with Crippen LogP contribution in [0.4, 0.5) is 0 Å². The van der Waals surface area contributed by atoms with E-state index in [0.717, 1.165) is 0 Å². The van der Waals surface area contributed by atoms with E-state index in [1.54, 1.807) is 0 Å². The van der Waals surface area contributed by atoms with Crippen LogP contribution in [0.15, 0.2) is 0 Å². The summed E-state index contributed by atoms with van der Waals surface area (Å²) < 4.78 is 0. The quantitative estimate of drug-likeness (QED) is 0.292. The van der Waals surface area contributed by atoms with E-state index >= 15 is 0 Å².